The number of anilines is 1. The first-order chi connectivity index (χ1) is 14.4. The van der Waals surface area contributed by atoms with E-state index in [-0.39, 0.29) is 11.9 Å². The highest BCUT2D eigenvalue weighted by atomic mass is 16.5. The van der Waals surface area contributed by atoms with E-state index in [1.165, 1.54) is 7.11 Å². The number of methoxy groups -OCH3 is 1. The van der Waals surface area contributed by atoms with Crippen LogP contribution in [0.25, 0.3) is 0 Å². The number of hydrogen-bond acceptors (Lipinski definition) is 4. The fraction of sp³-hybridized carbons (Fsp3) is 0.348. The predicted molar refractivity (Wildman–Crippen MR) is 114 cm³/mol. The summed E-state index contributed by atoms with van der Waals surface area (Å²) in [6.07, 6.45) is 1.20. The first-order valence-corrected chi connectivity index (χ1v) is 9.98. The fourth-order valence-electron chi connectivity index (χ4n) is 3.43. The van der Waals surface area contributed by atoms with E-state index in [4.69, 9.17) is 0 Å². The van der Waals surface area contributed by atoms with E-state index in [1.54, 1.807) is 29.2 Å². The molecule has 0 unspecified atom stereocenters. The molecule has 0 bridgehead atoms. The van der Waals surface area contributed by atoms with Gasteiger partial charge in [0.05, 0.1) is 12.7 Å². The van der Waals surface area contributed by atoms with Crippen molar-refractivity contribution in [3.05, 3.63) is 65.7 Å². The second-order valence-corrected chi connectivity index (χ2v) is 7.72. The van der Waals surface area contributed by atoms with Crippen LogP contribution in [0.1, 0.15) is 35.7 Å². The number of nitrogens with zero attached hydrogens (tertiary/aromatic N) is 1. The van der Waals surface area contributed by atoms with Gasteiger partial charge in [-0.15, -0.1) is 0 Å². The first-order valence-electron chi connectivity index (χ1n) is 9.98. The van der Waals surface area contributed by atoms with Crippen molar-refractivity contribution in [2.45, 2.75) is 26.3 Å². The van der Waals surface area contributed by atoms with E-state index in [2.05, 4.69) is 15.4 Å². The van der Waals surface area contributed by atoms with Crippen molar-refractivity contribution in [3.8, 4) is 0 Å². The average Bonchev–Trinajstić information content (AvgIpc) is 2.78. The number of piperidine rings is 1. The fourth-order valence-corrected chi connectivity index (χ4v) is 3.43. The molecule has 0 aliphatic carbocycles. The zero-order valence-electron chi connectivity index (χ0n) is 17.3. The molecule has 1 saturated heterocycles. The van der Waals surface area contributed by atoms with Crippen LogP contribution >= 0.6 is 0 Å². The van der Waals surface area contributed by atoms with Crippen molar-refractivity contribution in [1.82, 2.24) is 10.2 Å². The zero-order valence-corrected chi connectivity index (χ0v) is 17.3. The van der Waals surface area contributed by atoms with Crippen LogP contribution in [0.4, 0.5) is 10.5 Å². The van der Waals surface area contributed by atoms with E-state index in [0.717, 1.165) is 5.56 Å². The molecule has 0 spiro atoms. The Labute approximate surface area is 176 Å². The molecule has 0 aromatic heterocycles. The molecule has 1 fully saturated rings. The number of hydrogen-bond donors (Lipinski definition) is 2. The van der Waals surface area contributed by atoms with Gasteiger partial charge in [0.25, 0.3) is 0 Å². The van der Waals surface area contributed by atoms with Crippen molar-refractivity contribution < 1.29 is 19.1 Å². The lowest BCUT2D eigenvalue weighted by atomic mass is 9.79. The van der Waals surface area contributed by atoms with Crippen molar-refractivity contribution in [3.63, 3.8) is 0 Å². The SMILES string of the molecule is COC(=O)c1ccc(NC(=O)N2CCC(C)(C(=O)NCc3ccccc3)CC2)cc1. The van der Waals surface area contributed by atoms with Crippen LogP contribution in [0.5, 0.6) is 0 Å². The minimum Gasteiger partial charge on any atom is -0.465 e. The summed E-state index contributed by atoms with van der Waals surface area (Å²) in [6, 6.07) is 16.1. The number of urea groups is 1. The Morgan fingerprint density at radius 1 is 1.00 bits per heavy atom. The Morgan fingerprint density at radius 3 is 2.23 bits per heavy atom. The molecule has 30 heavy (non-hydrogen) atoms. The Morgan fingerprint density at radius 2 is 1.63 bits per heavy atom. The molecule has 7 heteroatoms. The van der Waals surface area contributed by atoms with E-state index in [0.29, 0.717) is 43.7 Å². The number of ether oxygens (including phenoxy) is 1. The number of benzene rings is 2. The summed E-state index contributed by atoms with van der Waals surface area (Å²) < 4.78 is 4.67. The maximum Gasteiger partial charge on any atom is 0.337 e. The zero-order chi connectivity index (χ0) is 21.6. The van der Waals surface area contributed by atoms with Gasteiger partial charge in [0.15, 0.2) is 0 Å². The van der Waals surface area contributed by atoms with E-state index in [9.17, 15) is 14.4 Å². The molecule has 2 aromatic rings. The molecule has 0 radical (unpaired) electrons. The van der Waals surface area contributed by atoms with Crippen LogP contribution in [0.2, 0.25) is 0 Å². The van der Waals surface area contributed by atoms with Gasteiger partial charge in [-0.3, -0.25) is 4.79 Å². The number of esters is 1. The predicted octanol–water partition coefficient (Wildman–Crippen LogP) is 3.42. The summed E-state index contributed by atoms with van der Waals surface area (Å²) >= 11 is 0. The molecule has 3 amide bonds. The monoisotopic (exact) mass is 409 g/mol. The maximum absolute atomic E-state index is 12.7. The number of nitrogens with one attached hydrogen (secondary N) is 2. The third-order valence-electron chi connectivity index (χ3n) is 5.56. The largest absolute Gasteiger partial charge is 0.465 e. The molecular formula is C23H27N3O4. The Kier molecular flexibility index (Phi) is 6.72. The van der Waals surface area contributed by atoms with Crippen LogP contribution in [-0.4, -0.2) is 43.0 Å². The van der Waals surface area contributed by atoms with Gasteiger partial charge in [-0.25, -0.2) is 9.59 Å². The van der Waals surface area contributed by atoms with Gasteiger partial charge in [-0.05, 0) is 42.7 Å². The molecule has 7 nitrogen and oxygen atoms in total. The lowest BCUT2D eigenvalue weighted by molar-refractivity contribution is -0.132. The summed E-state index contributed by atoms with van der Waals surface area (Å²) in [5.41, 5.74) is 1.59. The number of carbonyl (C=O) groups is 3. The van der Waals surface area contributed by atoms with E-state index >= 15 is 0 Å². The second kappa shape index (κ2) is 9.43. The second-order valence-electron chi connectivity index (χ2n) is 7.72. The summed E-state index contributed by atoms with van der Waals surface area (Å²) in [4.78, 5) is 38.5. The van der Waals surface area contributed by atoms with Gasteiger partial charge in [0, 0.05) is 30.7 Å². The lowest BCUT2D eigenvalue weighted by Crippen LogP contribution is -2.49. The standard InChI is InChI=1S/C23H27N3O4/c1-23(21(28)24-16-17-6-4-3-5-7-17)12-14-26(15-13-23)22(29)25-19-10-8-18(9-11-19)20(27)30-2/h3-11H,12-16H2,1-2H3,(H,24,28)(H,25,29). The Balaban J connectivity index is 1.49. The molecule has 0 saturated carbocycles. The summed E-state index contributed by atoms with van der Waals surface area (Å²) in [5.74, 6) is -0.404. The third kappa shape index (κ3) is 5.17. The minimum atomic E-state index is -0.492. The van der Waals surface area contributed by atoms with Crippen LogP contribution in [0, 0.1) is 5.41 Å². The van der Waals surface area contributed by atoms with Crippen LogP contribution in [0.3, 0.4) is 0 Å². The first kappa shape index (κ1) is 21.4. The Hall–Kier alpha value is -3.35. The van der Waals surface area contributed by atoms with Gasteiger partial charge in [-0.2, -0.15) is 0 Å². The molecule has 1 aliphatic heterocycles. The van der Waals surface area contributed by atoms with Crippen LogP contribution in [-0.2, 0) is 16.1 Å². The molecule has 2 aromatic carbocycles. The van der Waals surface area contributed by atoms with Crippen molar-refractivity contribution >= 4 is 23.6 Å². The maximum atomic E-state index is 12.7. The molecule has 158 valence electrons. The highest BCUT2D eigenvalue weighted by Gasteiger charge is 2.37. The quantitative estimate of drug-likeness (QED) is 0.741. The van der Waals surface area contributed by atoms with Crippen LogP contribution in [0.15, 0.2) is 54.6 Å². The van der Waals surface area contributed by atoms with Crippen LogP contribution < -0.4 is 10.6 Å². The van der Waals surface area contributed by atoms with Gasteiger partial charge in [0.1, 0.15) is 0 Å². The molecule has 3 rings (SSSR count). The number of rotatable bonds is 5. The highest BCUT2D eigenvalue weighted by molar-refractivity contribution is 5.92. The molecule has 1 heterocycles. The molecule has 0 atom stereocenters. The van der Waals surface area contributed by atoms with Gasteiger partial charge < -0.3 is 20.3 Å². The number of amides is 3. The molecule has 2 N–H and O–H groups in total. The normalized spacial score (nSPS) is 15.2. The number of carbonyl (C=O) groups excluding carboxylic acids is 3. The van der Waals surface area contributed by atoms with Gasteiger partial charge >= 0.3 is 12.0 Å². The average molecular weight is 409 g/mol. The molecule has 1 aliphatic rings. The smallest absolute Gasteiger partial charge is 0.337 e. The van der Waals surface area contributed by atoms with Crippen molar-refractivity contribution in [1.29, 1.82) is 0 Å². The summed E-state index contributed by atoms with van der Waals surface area (Å²) in [5, 5.41) is 5.85. The molecular weight excluding hydrogens is 382 g/mol. The highest BCUT2D eigenvalue weighted by Crippen LogP contribution is 2.31. The lowest BCUT2D eigenvalue weighted by Gasteiger charge is -2.38. The minimum absolute atomic E-state index is 0.0183. The summed E-state index contributed by atoms with van der Waals surface area (Å²) in [6.45, 7) is 3.46. The topological polar surface area (TPSA) is 87.7 Å². The third-order valence-corrected chi connectivity index (χ3v) is 5.56. The number of likely N-dealkylation sites (tertiary alicyclic amines) is 1. The summed E-state index contributed by atoms with van der Waals surface area (Å²) in [7, 11) is 1.32. The van der Waals surface area contributed by atoms with E-state index < -0.39 is 11.4 Å². The van der Waals surface area contributed by atoms with Crippen molar-refractivity contribution in [2.75, 3.05) is 25.5 Å². The van der Waals surface area contributed by atoms with Gasteiger partial charge in [-0.1, -0.05) is 37.3 Å². The van der Waals surface area contributed by atoms with Gasteiger partial charge in [0.2, 0.25) is 5.91 Å². The van der Waals surface area contributed by atoms with E-state index in [1.807, 2.05) is 37.3 Å². The van der Waals surface area contributed by atoms with Crippen molar-refractivity contribution in [2.24, 2.45) is 5.41 Å². The Bertz CT molecular complexity index is 888.